The molecule has 0 spiro atoms. The number of hydrogen-bond donors (Lipinski definition) is 4. The van der Waals surface area contributed by atoms with Crippen LogP contribution in [0, 0.1) is 0 Å². The Morgan fingerprint density at radius 2 is 1.89 bits per heavy atom. The number of carbonyl (C=O) groups is 1. The number of nitrogens with two attached hydrogens (primary N) is 2. The molecule has 108 valence electrons. The van der Waals surface area contributed by atoms with Crippen LogP contribution < -0.4 is 16.8 Å². The lowest BCUT2D eigenvalue weighted by atomic mass is 10.2. The topological polar surface area (TPSA) is 120 Å². The summed E-state index contributed by atoms with van der Waals surface area (Å²) in [6.07, 6.45) is -1.67. The average molecular weight is 263 g/mol. The van der Waals surface area contributed by atoms with Gasteiger partial charge in [0.2, 0.25) is 0 Å². The van der Waals surface area contributed by atoms with Crippen molar-refractivity contribution in [3.8, 4) is 0 Å². The van der Waals surface area contributed by atoms with Gasteiger partial charge in [-0.25, -0.2) is 4.79 Å². The van der Waals surface area contributed by atoms with Crippen LogP contribution in [0.1, 0.15) is 20.8 Å². The first kappa shape index (κ1) is 17.1. The molecule has 0 saturated carbocycles. The van der Waals surface area contributed by atoms with Crippen molar-refractivity contribution < 1.29 is 19.4 Å². The summed E-state index contributed by atoms with van der Waals surface area (Å²) in [5.74, 6) is 0. The molecule has 0 fully saturated rings. The van der Waals surface area contributed by atoms with Crippen molar-refractivity contribution in [3.05, 3.63) is 0 Å². The van der Waals surface area contributed by atoms with E-state index in [0.717, 1.165) is 0 Å². The maximum absolute atomic E-state index is 11.3. The Hall–Kier alpha value is -0.890. The molecule has 1 atom stereocenters. The second-order valence-electron chi connectivity index (χ2n) is 4.96. The molecule has 7 heteroatoms. The smallest absolute Gasteiger partial charge is 0.407 e. The Balaban J connectivity index is 3.76. The normalized spacial score (nSPS) is 13.5. The molecule has 7 nitrogen and oxygen atoms in total. The number of hydrogen-bond acceptors (Lipinski definition) is 6. The van der Waals surface area contributed by atoms with Crippen molar-refractivity contribution in [1.29, 1.82) is 0 Å². The molecule has 0 radical (unpaired) electrons. The molecule has 0 saturated heterocycles. The van der Waals surface area contributed by atoms with Crippen LogP contribution >= 0.6 is 0 Å². The lowest BCUT2D eigenvalue weighted by Crippen LogP contribution is -2.40. The largest absolute Gasteiger partial charge is 0.444 e. The lowest BCUT2D eigenvalue weighted by molar-refractivity contribution is -0.00324. The molecule has 0 bridgehead atoms. The number of aliphatic hydroxyl groups is 1. The quantitative estimate of drug-likeness (QED) is 0.476. The summed E-state index contributed by atoms with van der Waals surface area (Å²) in [7, 11) is 0. The number of carbonyl (C=O) groups excluding carboxylic acids is 1. The molecule has 0 aromatic heterocycles. The molecule has 1 amide bonds. The number of rotatable bonds is 7. The van der Waals surface area contributed by atoms with Gasteiger partial charge in [-0.05, 0) is 20.8 Å². The van der Waals surface area contributed by atoms with Gasteiger partial charge >= 0.3 is 6.09 Å². The van der Waals surface area contributed by atoms with E-state index in [4.69, 9.17) is 20.9 Å². The van der Waals surface area contributed by atoms with Crippen LogP contribution in [0.3, 0.4) is 0 Å². The fourth-order valence-corrected chi connectivity index (χ4v) is 1.05. The van der Waals surface area contributed by atoms with Gasteiger partial charge in [0.1, 0.15) is 5.60 Å². The van der Waals surface area contributed by atoms with Crippen LogP contribution in [0.4, 0.5) is 4.79 Å². The van der Waals surface area contributed by atoms with E-state index in [1.807, 2.05) is 0 Å². The molecule has 0 aliphatic rings. The van der Waals surface area contributed by atoms with Crippen LogP contribution in [0.25, 0.3) is 0 Å². The summed E-state index contributed by atoms with van der Waals surface area (Å²) in [5.41, 5.74) is 10.2. The number of alkyl carbamates (subject to hydrolysis) is 1. The summed E-state index contributed by atoms with van der Waals surface area (Å²) in [6.45, 7) is 5.99. The number of aliphatic hydroxyl groups excluding tert-OH is 1. The van der Waals surface area contributed by atoms with Gasteiger partial charge in [0.15, 0.2) is 0 Å². The van der Waals surface area contributed by atoms with Gasteiger partial charge in [0.05, 0.1) is 18.8 Å². The van der Waals surface area contributed by atoms with Crippen molar-refractivity contribution in [2.24, 2.45) is 11.5 Å². The number of nitrogens with one attached hydrogen (secondary N) is 1. The second kappa shape index (κ2) is 8.25. The molecular formula is C11H25N3O4. The van der Waals surface area contributed by atoms with Gasteiger partial charge in [0.25, 0.3) is 0 Å². The van der Waals surface area contributed by atoms with Crippen molar-refractivity contribution in [2.75, 3.05) is 26.2 Å². The predicted octanol–water partition coefficient (Wildman–Crippen LogP) is -0.825. The van der Waals surface area contributed by atoms with Crippen LogP contribution in [-0.2, 0) is 9.47 Å². The minimum absolute atomic E-state index is 0.0524. The zero-order valence-electron chi connectivity index (χ0n) is 11.3. The monoisotopic (exact) mass is 263 g/mol. The highest BCUT2D eigenvalue weighted by Gasteiger charge is 2.17. The van der Waals surface area contributed by atoms with Crippen LogP contribution in [-0.4, -0.2) is 55.2 Å². The molecule has 6 N–H and O–H groups in total. The Bertz CT molecular complexity index is 239. The molecular weight excluding hydrogens is 238 g/mol. The van der Waals surface area contributed by atoms with E-state index < -0.39 is 17.8 Å². The summed E-state index contributed by atoms with van der Waals surface area (Å²) >= 11 is 0. The molecule has 0 aromatic carbocycles. The first-order valence-corrected chi connectivity index (χ1v) is 5.95. The van der Waals surface area contributed by atoms with E-state index >= 15 is 0 Å². The Morgan fingerprint density at radius 3 is 2.33 bits per heavy atom. The third kappa shape index (κ3) is 9.17. The van der Waals surface area contributed by atoms with E-state index in [9.17, 15) is 9.90 Å². The standard InChI is InChI=1S/C11H25N3O4/c1-11(2,3)18-10(16)14-6-8(15)7-17-9(4-12)5-13/h8-9,15H,4-7,12-13H2,1-3H3,(H,14,16). The van der Waals surface area contributed by atoms with Crippen molar-refractivity contribution >= 4 is 6.09 Å². The van der Waals surface area contributed by atoms with Gasteiger partial charge in [-0.1, -0.05) is 0 Å². The highest BCUT2D eigenvalue weighted by molar-refractivity contribution is 5.67. The third-order valence-electron chi connectivity index (χ3n) is 1.93. The maximum atomic E-state index is 11.3. The Labute approximate surface area is 108 Å². The fraction of sp³-hybridized carbons (Fsp3) is 0.909. The van der Waals surface area contributed by atoms with E-state index in [1.54, 1.807) is 20.8 Å². The minimum Gasteiger partial charge on any atom is -0.444 e. The second-order valence-corrected chi connectivity index (χ2v) is 4.96. The molecule has 0 aromatic rings. The van der Waals surface area contributed by atoms with Gasteiger partial charge in [-0.2, -0.15) is 0 Å². The predicted molar refractivity (Wildman–Crippen MR) is 68.1 cm³/mol. The van der Waals surface area contributed by atoms with Crippen molar-refractivity contribution in [2.45, 2.75) is 38.6 Å². The molecule has 0 aliphatic carbocycles. The summed E-state index contributed by atoms with van der Waals surface area (Å²) in [5, 5.41) is 12.0. The lowest BCUT2D eigenvalue weighted by Gasteiger charge is -2.21. The first-order valence-electron chi connectivity index (χ1n) is 5.95. The fourth-order valence-electron chi connectivity index (χ4n) is 1.05. The summed E-state index contributed by atoms with van der Waals surface area (Å²) < 4.78 is 10.3. The van der Waals surface area contributed by atoms with Crippen LogP contribution in [0.2, 0.25) is 0 Å². The van der Waals surface area contributed by atoms with E-state index in [2.05, 4.69) is 5.32 Å². The number of ether oxygens (including phenoxy) is 2. The van der Waals surface area contributed by atoms with Gasteiger partial charge in [0, 0.05) is 19.6 Å². The molecule has 0 rings (SSSR count). The zero-order valence-corrected chi connectivity index (χ0v) is 11.3. The number of amides is 1. The molecule has 18 heavy (non-hydrogen) atoms. The zero-order chi connectivity index (χ0) is 14.2. The van der Waals surface area contributed by atoms with Gasteiger partial charge < -0.3 is 31.4 Å². The third-order valence-corrected chi connectivity index (χ3v) is 1.93. The van der Waals surface area contributed by atoms with E-state index in [0.29, 0.717) is 13.1 Å². The highest BCUT2D eigenvalue weighted by Crippen LogP contribution is 2.06. The average Bonchev–Trinajstić information content (AvgIpc) is 2.25. The highest BCUT2D eigenvalue weighted by atomic mass is 16.6. The summed E-state index contributed by atoms with van der Waals surface area (Å²) in [4.78, 5) is 11.3. The summed E-state index contributed by atoms with van der Waals surface area (Å²) in [6, 6.07) is 0. The van der Waals surface area contributed by atoms with Crippen LogP contribution in [0.5, 0.6) is 0 Å². The van der Waals surface area contributed by atoms with E-state index in [-0.39, 0.29) is 19.3 Å². The van der Waals surface area contributed by atoms with Gasteiger partial charge in [-0.15, -0.1) is 0 Å². The maximum Gasteiger partial charge on any atom is 0.407 e. The Morgan fingerprint density at radius 1 is 1.33 bits per heavy atom. The van der Waals surface area contributed by atoms with Gasteiger partial charge in [-0.3, -0.25) is 0 Å². The first-order chi connectivity index (χ1) is 8.28. The van der Waals surface area contributed by atoms with Crippen LogP contribution in [0.15, 0.2) is 0 Å². The Kier molecular flexibility index (Phi) is 7.85. The van der Waals surface area contributed by atoms with E-state index in [1.165, 1.54) is 0 Å². The molecule has 0 aliphatic heterocycles. The SMILES string of the molecule is CC(C)(C)OC(=O)NCC(O)COC(CN)CN. The molecule has 1 unspecified atom stereocenters. The molecule has 0 heterocycles. The van der Waals surface area contributed by atoms with Crippen molar-refractivity contribution in [3.63, 3.8) is 0 Å². The van der Waals surface area contributed by atoms with Crippen molar-refractivity contribution in [1.82, 2.24) is 5.32 Å². The minimum atomic E-state index is -0.821.